The molecule has 5 nitrogen and oxygen atoms in total. The summed E-state index contributed by atoms with van der Waals surface area (Å²) < 4.78 is 14.4. The predicted octanol–water partition coefficient (Wildman–Crippen LogP) is -0.296. The van der Waals surface area contributed by atoms with E-state index in [4.69, 9.17) is 9.79 Å². The van der Waals surface area contributed by atoms with Crippen LogP contribution in [0.2, 0.25) is 0 Å². The van der Waals surface area contributed by atoms with Gasteiger partial charge in [-0.3, -0.25) is 0 Å². The van der Waals surface area contributed by atoms with Crippen molar-refractivity contribution in [2.75, 3.05) is 13.1 Å². The third kappa shape index (κ3) is 8.98. The van der Waals surface area contributed by atoms with Crippen molar-refractivity contribution in [3.8, 4) is 0 Å². The molecule has 0 amide bonds. The molecule has 0 rings (SSSR count). The standard InChI is InChI=1S/C4H12NO4P.Na.H/c1-3-5(4-2)9-10(6,7)8;;/h3-4H2,1-2H3,(H2,6,7,8);;. The van der Waals surface area contributed by atoms with Crippen LogP contribution in [0.15, 0.2) is 0 Å². The molecule has 7 heteroatoms. The monoisotopic (exact) mass is 193 g/mol. The van der Waals surface area contributed by atoms with Crippen molar-refractivity contribution in [2.24, 2.45) is 0 Å². The Balaban J connectivity index is 0. The molecule has 0 spiro atoms. The summed E-state index contributed by atoms with van der Waals surface area (Å²) in [5.41, 5.74) is 0. The van der Waals surface area contributed by atoms with Gasteiger partial charge in [-0.15, -0.1) is 0 Å². The SMILES string of the molecule is CCN(CC)OP(=O)(O)O.[NaH]. The van der Waals surface area contributed by atoms with Gasteiger partial charge in [-0.1, -0.05) is 13.8 Å². The molecule has 0 atom stereocenters. The zero-order valence-corrected chi connectivity index (χ0v) is 6.91. The number of hydroxylamine groups is 2. The van der Waals surface area contributed by atoms with Crippen LogP contribution in [0.5, 0.6) is 0 Å². The van der Waals surface area contributed by atoms with Gasteiger partial charge in [0.25, 0.3) is 0 Å². The summed E-state index contributed by atoms with van der Waals surface area (Å²) in [5.74, 6) is 0. The first-order valence-electron chi connectivity index (χ1n) is 2.99. The van der Waals surface area contributed by atoms with Crippen LogP contribution < -0.4 is 0 Å². The molecule has 0 aromatic carbocycles. The average molecular weight is 193 g/mol. The van der Waals surface area contributed by atoms with Crippen LogP contribution in [0.1, 0.15) is 13.8 Å². The van der Waals surface area contributed by atoms with E-state index >= 15 is 0 Å². The normalized spacial score (nSPS) is 11.4. The van der Waals surface area contributed by atoms with E-state index in [-0.39, 0.29) is 29.6 Å². The minimum atomic E-state index is -4.33. The molecule has 0 heterocycles. The van der Waals surface area contributed by atoms with Crippen LogP contribution in [0.3, 0.4) is 0 Å². The number of rotatable bonds is 4. The molecule has 0 aliphatic carbocycles. The van der Waals surface area contributed by atoms with Crippen molar-refractivity contribution < 1.29 is 19.0 Å². The zero-order chi connectivity index (χ0) is 8.20. The fourth-order valence-electron chi connectivity index (χ4n) is 0.489. The molecule has 0 aliphatic rings. The second kappa shape index (κ2) is 6.57. The molecule has 64 valence electrons. The fourth-order valence-corrected chi connectivity index (χ4v) is 1.02. The average Bonchev–Trinajstić information content (AvgIpc) is 1.81. The van der Waals surface area contributed by atoms with Gasteiger partial charge in [-0.25, -0.2) is 4.57 Å². The maximum atomic E-state index is 10.2. The van der Waals surface area contributed by atoms with E-state index in [0.29, 0.717) is 13.1 Å². The van der Waals surface area contributed by atoms with Gasteiger partial charge in [-0.05, 0) is 0 Å². The molecule has 0 aliphatic heterocycles. The molecule has 11 heavy (non-hydrogen) atoms. The Morgan fingerprint density at radius 2 is 1.73 bits per heavy atom. The van der Waals surface area contributed by atoms with E-state index in [0.717, 1.165) is 0 Å². The van der Waals surface area contributed by atoms with Gasteiger partial charge in [0.15, 0.2) is 0 Å². The minimum absolute atomic E-state index is 0. The van der Waals surface area contributed by atoms with Crippen molar-refractivity contribution in [1.29, 1.82) is 0 Å². The summed E-state index contributed by atoms with van der Waals surface area (Å²) in [7, 11) is -4.33. The molecule has 2 N–H and O–H groups in total. The van der Waals surface area contributed by atoms with Gasteiger partial charge in [-0.2, -0.15) is 9.69 Å². The van der Waals surface area contributed by atoms with E-state index < -0.39 is 7.82 Å². The zero-order valence-electron chi connectivity index (χ0n) is 6.02. The quantitative estimate of drug-likeness (QED) is 0.364. The molecule has 0 radical (unpaired) electrons. The van der Waals surface area contributed by atoms with Crippen LogP contribution in [0.4, 0.5) is 0 Å². The second-order valence-corrected chi connectivity index (χ2v) is 2.83. The van der Waals surface area contributed by atoms with Crippen molar-refractivity contribution in [3.63, 3.8) is 0 Å². The Labute approximate surface area is 88.2 Å². The Bertz CT molecular complexity index is 134. The van der Waals surface area contributed by atoms with E-state index in [1.807, 2.05) is 0 Å². The maximum absolute atomic E-state index is 10.2. The number of hydrogen-bond acceptors (Lipinski definition) is 3. The Hall–Kier alpha value is 1.07. The third-order valence-electron chi connectivity index (χ3n) is 0.927. The van der Waals surface area contributed by atoms with E-state index in [9.17, 15) is 4.57 Å². The van der Waals surface area contributed by atoms with Crippen LogP contribution in [0.25, 0.3) is 0 Å². The summed E-state index contributed by atoms with van der Waals surface area (Å²) >= 11 is 0. The summed E-state index contributed by atoms with van der Waals surface area (Å²) in [6.07, 6.45) is 0. The summed E-state index contributed by atoms with van der Waals surface area (Å²) in [6, 6.07) is 0. The molecule has 0 saturated heterocycles. The van der Waals surface area contributed by atoms with Crippen LogP contribution in [-0.2, 0) is 9.19 Å². The Morgan fingerprint density at radius 3 is 1.82 bits per heavy atom. The van der Waals surface area contributed by atoms with Crippen LogP contribution in [-0.4, -0.2) is 57.5 Å². The summed E-state index contributed by atoms with van der Waals surface area (Å²) in [6.45, 7) is 4.42. The first-order chi connectivity index (χ1) is 4.49. The first kappa shape index (κ1) is 14.6. The molecular weight excluding hydrogens is 180 g/mol. The van der Waals surface area contributed by atoms with Gasteiger partial charge in [0.05, 0.1) is 0 Å². The van der Waals surface area contributed by atoms with Crippen LogP contribution in [0, 0.1) is 0 Å². The van der Waals surface area contributed by atoms with Gasteiger partial charge in [0.1, 0.15) is 0 Å². The van der Waals surface area contributed by atoms with Gasteiger partial charge < -0.3 is 9.79 Å². The predicted molar refractivity (Wildman–Crippen MR) is 43.2 cm³/mol. The Morgan fingerprint density at radius 1 is 1.36 bits per heavy atom. The molecule has 0 unspecified atom stereocenters. The fraction of sp³-hybridized carbons (Fsp3) is 1.00. The van der Waals surface area contributed by atoms with Gasteiger partial charge in [0, 0.05) is 13.1 Å². The topological polar surface area (TPSA) is 70.0 Å². The van der Waals surface area contributed by atoms with E-state index in [1.165, 1.54) is 5.06 Å². The van der Waals surface area contributed by atoms with Gasteiger partial charge >= 0.3 is 37.4 Å². The molecule has 0 aromatic heterocycles. The molecule has 0 aromatic rings. The Kier molecular flexibility index (Phi) is 8.71. The number of nitrogens with zero attached hydrogens (tertiary/aromatic N) is 1. The number of hydrogen-bond donors (Lipinski definition) is 2. The van der Waals surface area contributed by atoms with E-state index in [1.54, 1.807) is 13.8 Å². The van der Waals surface area contributed by atoms with Gasteiger partial charge in [0.2, 0.25) is 0 Å². The summed E-state index contributed by atoms with van der Waals surface area (Å²) in [5, 5.41) is 1.20. The molecule has 0 fully saturated rings. The third-order valence-corrected chi connectivity index (χ3v) is 1.37. The van der Waals surface area contributed by atoms with Crippen molar-refractivity contribution in [2.45, 2.75) is 13.8 Å². The summed E-state index contributed by atoms with van der Waals surface area (Å²) in [4.78, 5) is 16.6. The van der Waals surface area contributed by atoms with Crippen molar-refractivity contribution in [1.82, 2.24) is 5.06 Å². The second-order valence-electron chi connectivity index (χ2n) is 1.69. The van der Waals surface area contributed by atoms with Crippen LogP contribution >= 0.6 is 7.82 Å². The van der Waals surface area contributed by atoms with E-state index in [2.05, 4.69) is 4.62 Å². The van der Waals surface area contributed by atoms with Crippen molar-refractivity contribution in [3.05, 3.63) is 0 Å². The number of phosphoric acid groups is 1. The molecule has 0 bridgehead atoms. The van der Waals surface area contributed by atoms with Crippen molar-refractivity contribution >= 4 is 37.4 Å². The molecule has 0 saturated carbocycles. The molecular formula is C4H13NNaO4P. The first-order valence-corrected chi connectivity index (χ1v) is 4.52.